The molecule has 8 heteroatoms. The molecule has 1 saturated heterocycles. The number of aryl methyl sites for hydroxylation is 1. The van der Waals surface area contributed by atoms with Crippen molar-refractivity contribution in [1.29, 1.82) is 5.26 Å². The van der Waals surface area contributed by atoms with Crippen LogP contribution in [0.3, 0.4) is 0 Å². The highest BCUT2D eigenvalue weighted by molar-refractivity contribution is 6.30. The van der Waals surface area contributed by atoms with Gasteiger partial charge in [-0.25, -0.2) is 4.98 Å². The number of halogens is 1. The summed E-state index contributed by atoms with van der Waals surface area (Å²) in [5.41, 5.74) is 2.80. The zero-order chi connectivity index (χ0) is 22.7. The van der Waals surface area contributed by atoms with E-state index < -0.39 is 0 Å². The molecule has 7 nitrogen and oxygen atoms in total. The molecule has 0 saturated carbocycles. The van der Waals surface area contributed by atoms with Crippen molar-refractivity contribution in [1.82, 2.24) is 20.1 Å². The zero-order valence-electron chi connectivity index (χ0n) is 17.8. The largest absolute Gasteiger partial charge is 0.474 e. The Balaban J connectivity index is 1.58. The van der Waals surface area contributed by atoms with Crippen LogP contribution in [0.15, 0.2) is 54.9 Å². The van der Waals surface area contributed by atoms with E-state index in [1.165, 1.54) is 12.4 Å². The summed E-state index contributed by atoms with van der Waals surface area (Å²) in [6, 6.07) is 14.9. The summed E-state index contributed by atoms with van der Waals surface area (Å²) in [7, 11) is 0. The average molecular weight is 448 g/mol. The van der Waals surface area contributed by atoms with E-state index in [0.29, 0.717) is 40.8 Å². The minimum absolute atomic E-state index is 0.0356. The third-order valence-electron chi connectivity index (χ3n) is 5.75. The van der Waals surface area contributed by atoms with E-state index in [1.807, 2.05) is 43.0 Å². The third-order valence-corrected chi connectivity index (χ3v) is 6.00. The van der Waals surface area contributed by atoms with E-state index in [4.69, 9.17) is 21.6 Å². The second-order valence-electron chi connectivity index (χ2n) is 7.94. The summed E-state index contributed by atoms with van der Waals surface area (Å²) in [5, 5.41) is 17.5. The predicted molar refractivity (Wildman–Crippen MR) is 119 cm³/mol. The smallest absolute Gasteiger partial charge is 0.255 e. The number of amides is 1. The number of ether oxygens (including phenoxy) is 1. The molecule has 0 spiro atoms. The Bertz CT molecular complexity index is 1140. The van der Waals surface area contributed by atoms with E-state index in [1.54, 1.807) is 18.2 Å². The first kappa shape index (κ1) is 21.7. The van der Waals surface area contributed by atoms with Crippen LogP contribution in [0.4, 0.5) is 0 Å². The molecule has 3 aromatic rings. The van der Waals surface area contributed by atoms with Gasteiger partial charge in [-0.1, -0.05) is 23.7 Å². The van der Waals surface area contributed by atoms with Crippen LogP contribution in [0.5, 0.6) is 5.88 Å². The van der Waals surface area contributed by atoms with E-state index >= 15 is 0 Å². The molecule has 1 fully saturated rings. The molecule has 4 rings (SSSR count). The van der Waals surface area contributed by atoms with Crippen molar-refractivity contribution in [2.75, 3.05) is 13.1 Å². The number of nitriles is 1. The van der Waals surface area contributed by atoms with Crippen molar-refractivity contribution in [2.45, 2.75) is 25.9 Å². The fraction of sp³-hybridized carbons (Fsp3) is 0.292. The molecule has 0 radical (unpaired) electrons. The van der Waals surface area contributed by atoms with Gasteiger partial charge >= 0.3 is 0 Å². The number of pyridine rings is 1. The fourth-order valence-electron chi connectivity index (χ4n) is 4.10. The van der Waals surface area contributed by atoms with Gasteiger partial charge in [0.1, 0.15) is 12.2 Å². The van der Waals surface area contributed by atoms with Gasteiger partial charge in [-0.05, 0) is 43.7 Å². The minimum Gasteiger partial charge on any atom is -0.474 e. The molecule has 0 N–H and O–H groups in total. The number of nitrogens with zero attached hydrogens (tertiary/aromatic N) is 5. The number of carbonyl (C=O) groups is 1. The Morgan fingerprint density at radius 1 is 1.22 bits per heavy atom. The van der Waals surface area contributed by atoms with E-state index in [9.17, 15) is 4.79 Å². The Morgan fingerprint density at radius 3 is 2.66 bits per heavy atom. The first-order valence-corrected chi connectivity index (χ1v) is 10.7. The Hall–Kier alpha value is -3.50. The van der Waals surface area contributed by atoms with Crippen molar-refractivity contribution in [3.8, 4) is 11.9 Å². The average Bonchev–Trinajstić information content (AvgIpc) is 3.25. The summed E-state index contributed by atoms with van der Waals surface area (Å²) < 4.78 is 6.12. The molecular formula is C24H22ClN5O2. The standard InChI is InChI=1S/C24H22ClN5O2/c1-15-9-19(12-28-29-15)24(31)30-13-21(22(14-30)18-4-6-20(25)7-5-18)16(2)32-23-8-3-17(10-26)11-27-23/h3-9,11-12,16,21-22H,13-14H2,1-2H3/t16-,21+,22+/m0/s1. The third kappa shape index (κ3) is 4.71. The number of carbonyl (C=O) groups excluding carboxylic acids is 1. The molecule has 32 heavy (non-hydrogen) atoms. The first-order chi connectivity index (χ1) is 15.4. The molecule has 1 aliphatic rings. The van der Waals surface area contributed by atoms with Crippen molar-refractivity contribution in [3.63, 3.8) is 0 Å². The van der Waals surface area contributed by atoms with E-state index in [2.05, 4.69) is 21.3 Å². The normalized spacial score (nSPS) is 18.8. The monoisotopic (exact) mass is 447 g/mol. The van der Waals surface area contributed by atoms with E-state index in [0.717, 1.165) is 5.56 Å². The molecule has 3 heterocycles. The highest BCUT2D eigenvalue weighted by atomic mass is 35.5. The molecule has 1 aromatic carbocycles. The summed E-state index contributed by atoms with van der Waals surface area (Å²) in [5.74, 6) is 0.479. The number of likely N-dealkylation sites (tertiary alicyclic amines) is 1. The van der Waals surface area contributed by atoms with Gasteiger partial charge in [-0.3, -0.25) is 4.79 Å². The number of hydrogen-bond donors (Lipinski definition) is 0. The summed E-state index contributed by atoms with van der Waals surface area (Å²) in [4.78, 5) is 19.2. The van der Waals surface area contributed by atoms with E-state index in [-0.39, 0.29) is 23.8 Å². The lowest BCUT2D eigenvalue weighted by Gasteiger charge is -2.25. The molecular weight excluding hydrogens is 426 g/mol. The van der Waals surface area contributed by atoms with Gasteiger partial charge in [0.05, 0.1) is 23.0 Å². The van der Waals surface area contributed by atoms with Gasteiger partial charge in [0.15, 0.2) is 0 Å². The Labute approximate surface area is 191 Å². The summed E-state index contributed by atoms with van der Waals surface area (Å²) in [6.07, 6.45) is 2.77. The molecule has 2 aromatic heterocycles. The molecule has 0 aliphatic carbocycles. The number of hydrogen-bond acceptors (Lipinski definition) is 6. The highest BCUT2D eigenvalue weighted by Crippen LogP contribution is 2.37. The van der Waals surface area contributed by atoms with Crippen LogP contribution in [0.1, 0.15) is 40.0 Å². The molecule has 1 aliphatic heterocycles. The highest BCUT2D eigenvalue weighted by Gasteiger charge is 2.40. The molecule has 0 unspecified atom stereocenters. The van der Waals surface area contributed by atoms with Crippen molar-refractivity contribution in [2.24, 2.45) is 5.92 Å². The van der Waals surface area contributed by atoms with Crippen LogP contribution in [-0.2, 0) is 0 Å². The van der Waals surface area contributed by atoms with Crippen LogP contribution >= 0.6 is 11.6 Å². The van der Waals surface area contributed by atoms with Crippen LogP contribution < -0.4 is 4.74 Å². The van der Waals surface area contributed by atoms with Gasteiger partial charge in [-0.15, -0.1) is 0 Å². The molecule has 162 valence electrons. The van der Waals surface area contributed by atoms with Crippen LogP contribution in [0.2, 0.25) is 5.02 Å². The lowest BCUT2D eigenvalue weighted by molar-refractivity contribution is 0.0769. The van der Waals surface area contributed by atoms with Gasteiger partial charge in [0.2, 0.25) is 5.88 Å². The fourth-order valence-corrected chi connectivity index (χ4v) is 4.23. The maximum absolute atomic E-state index is 13.2. The van der Waals surface area contributed by atoms with Crippen molar-refractivity contribution in [3.05, 3.63) is 82.3 Å². The Kier molecular flexibility index (Phi) is 6.33. The maximum Gasteiger partial charge on any atom is 0.255 e. The summed E-state index contributed by atoms with van der Waals surface area (Å²) in [6.45, 7) is 4.89. The first-order valence-electron chi connectivity index (χ1n) is 10.3. The van der Waals surface area contributed by atoms with Gasteiger partial charge in [0.25, 0.3) is 5.91 Å². The quantitative estimate of drug-likeness (QED) is 0.586. The lowest BCUT2D eigenvalue weighted by atomic mass is 9.86. The number of aromatic nitrogens is 3. The topological polar surface area (TPSA) is 92.0 Å². The molecule has 0 bridgehead atoms. The minimum atomic E-state index is -0.216. The van der Waals surface area contributed by atoms with Crippen LogP contribution in [0, 0.1) is 24.2 Å². The SMILES string of the molecule is Cc1cc(C(=O)N2C[C@H]([C@H](C)Oc3ccc(C#N)cn3)[C@@H](c3ccc(Cl)cc3)C2)cnn1. The number of rotatable bonds is 5. The second kappa shape index (κ2) is 9.33. The maximum atomic E-state index is 13.2. The summed E-state index contributed by atoms with van der Waals surface area (Å²) >= 11 is 6.09. The van der Waals surface area contributed by atoms with Gasteiger partial charge < -0.3 is 9.64 Å². The van der Waals surface area contributed by atoms with Gasteiger partial charge in [0, 0.05) is 42.2 Å². The number of benzene rings is 1. The second-order valence-corrected chi connectivity index (χ2v) is 8.37. The predicted octanol–water partition coefficient (Wildman–Crippen LogP) is 4.03. The van der Waals surface area contributed by atoms with Crippen molar-refractivity contribution < 1.29 is 9.53 Å². The van der Waals surface area contributed by atoms with Gasteiger partial charge in [-0.2, -0.15) is 15.5 Å². The zero-order valence-corrected chi connectivity index (χ0v) is 18.5. The van der Waals surface area contributed by atoms with Crippen LogP contribution in [0.25, 0.3) is 0 Å². The Morgan fingerprint density at radius 2 is 2.00 bits per heavy atom. The molecule has 3 atom stereocenters. The van der Waals surface area contributed by atoms with Crippen LogP contribution in [-0.4, -0.2) is 45.2 Å². The lowest BCUT2D eigenvalue weighted by Crippen LogP contribution is -2.32. The van der Waals surface area contributed by atoms with Crippen molar-refractivity contribution >= 4 is 17.5 Å². The molecule has 1 amide bonds.